The molecule has 0 radical (unpaired) electrons. The fraction of sp³-hybridized carbons (Fsp3) is 0.714. The summed E-state index contributed by atoms with van der Waals surface area (Å²) in [5.41, 5.74) is -0.190. The Morgan fingerprint density at radius 1 is 1.29 bits per heavy atom. The molecule has 0 saturated carbocycles. The largest absolute Gasteiger partial charge is 0.473 e. The maximum Gasteiger partial charge on any atom is 0.372 e. The average Bonchev–Trinajstić information content (AvgIpc) is 2.37. The van der Waals surface area contributed by atoms with E-state index in [-0.39, 0.29) is 23.4 Å². The molecule has 1 aromatic heterocycles. The molecule has 0 aromatic carbocycles. The van der Waals surface area contributed by atoms with Crippen LogP contribution in [0, 0.1) is 16.0 Å². The molecular formula is C14H24N4O3. The molecule has 0 fully saturated rings. The van der Waals surface area contributed by atoms with Gasteiger partial charge in [0.15, 0.2) is 0 Å². The summed E-state index contributed by atoms with van der Waals surface area (Å²) >= 11 is 0. The zero-order chi connectivity index (χ0) is 16.0. The zero-order valence-electron chi connectivity index (χ0n) is 13.3. The van der Waals surface area contributed by atoms with Crippen molar-refractivity contribution in [2.45, 2.75) is 53.5 Å². The van der Waals surface area contributed by atoms with Gasteiger partial charge in [-0.25, -0.2) is 4.98 Å². The van der Waals surface area contributed by atoms with Crippen LogP contribution >= 0.6 is 0 Å². The average molecular weight is 296 g/mol. The number of nitrogens with zero attached hydrogens (tertiary/aromatic N) is 3. The smallest absolute Gasteiger partial charge is 0.372 e. The van der Waals surface area contributed by atoms with Crippen molar-refractivity contribution in [3.8, 4) is 5.88 Å². The molecule has 0 spiro atoms. The molecule has 0 amide bonds. The van der Waals surface area contributed by atoms with Gasteiger partial charge in [0.25, 0.3) is 5.88 Å². The summed E-state index contributed by atoms with van der Waals surface area (Å²) in [7, 11) is 0. The van der Waals surface area contributed by atoms with E-state index in [4.69, 9.17) is 4.74 Å². The molecular weight excluding hydrogens is 272 g/mol. The van der Waals surface area contributed by atoms with Crippen LogP contribution in [0.2, 0.25) is 0 Å². The van der Waals surface area contributed by atoms with Crippen LogP contribution in [0.15, 0.2) is 0 Å². The second kappa shape index (κ2) is 7.75. The number of hydrogen-bond donors (Lipinski definition) is 1. The van der Waals surface area contributed by atoms with Crippen LogP contribution < -0.4 is 10.1 Å². The molecule has 0 bridgehead atoms. The van der Waals surface area contributed by atoms with Gasteiger partial charge in [0.1, 0.15) is 5.82 Å². The van der Waals surface area contributed by atoms with Gasteiger partial charge >= 0.3 is 5.69 Å². The number of nitrogens with one attached hydrogen (secondary N) is 1. The van der Waals surface area contributed by atoms with Crippen LogP contribution in [0.1, 0.15) is 46.9 Å². The highest BCUT2D eigenvalue weighted by Crippen LogP contribution is 2.33. The molecule has 1 unspecified atom stereocenters. The summed E-state index contributed by atoms with van der Waals surface area (Å²) in [4.78, 5) is 19.4. The van der Waals surface area contributed by atoms with Gasteiger partial charge in [0.05, 0.1) is 11.5 Å². The maximum atomic E-state index is 11.3. The van der Waals surface area contributed by atoms with Crippen LogP contribution in [-0.2, 0) is 6.42 Å². The van der Waals surface area contributed by atoms with Crippen LogP contribution in [0.3, 0.4) is 0 Å². The highest BCUT2D eigenvalue weighted by atomic mass is 16.6. The van der Waals surface area contributed by atoms with Gasteiger partial charge in [0, 0.05) is 12.5 Å². The van der Waals surface area contributed by atoms with Crippen molar-refractivity contribution < 1.29 is 9.66 Å². The normalized spacial score (nSPS) is 12.3. The molecule has 0 aliphatic carbocycles. The molecule has 7 nitrogen and oxygen atoms in total. The third-order valence-electron chi connectivity index (χ3n) is 2.95. The van der Waals surface area contributed by atoms with Crippen molar-refractivity contribution in [2.24, 2.45) is 5.92 Å². The predicted octanol–water partition coefficient (Wildman–Crippen LogP) is 3.19. The molecule has 0 saturated heterocycles. The predicted molar refractivity (Wildman–Crippen MR) is 81.8 cm³/mol. The molecule has 7 heteroatoms. The Balaban J connectivity index is 3.32. The highest BCUT2D eigenvalue weighted by molar-refractivity contribution is 5.62. The standard InChI is InChI=1S/C14H24N4O3/c1-6-10(5)15-13-12(18(19)20)14(21-7-2)17-11(16-13)8-9(3)4/h9-10H,6-8H2,1-5H3,(H,15,16,17). The summed E-state index contributed by atoms with van der Waals surface area (Å²) in [6.07, 6.45) is 1.48. The minimum atomic E-state index is -0.491. The fourth-order valence-electron chi connectivity index (χ4n) is 1.77. The van der Waals surface area contributed by atoms with Crippen molar-refractivity contribution in [3.05, 3.63) is 15.9 Å². The van der Waals surface area contributed by atoms with Gasteiger partial charge in [-0.1, -0.05) is 20.8 Å². The van der Waals surface area contributed by atoms with E-state index in [9.17, 15) is 10.1 Å². The third-order valence-corrected chi connectivity index (χ3v) is 2.95. The van der Waals surface area contributed by atoms with E-state index >= 15 is 0 Å². The number of anilines is 1. The van der Waals surface area contributed by atoms with Crippen molar-refractivity contribution in [1.82, 2.24) is 9.97 Å². The maximum absolute atomic E-state index is 11.3. The van der Waals surface area contributed by atoms with Crippen LogP contribution in [0.5, 0.6) is 5.88 Å². The topological polar surface area (TPSA) is 90.2 Å². The van der Waals surface area contributed by atoms with Crippen molar-refractivity contribution >= 4 is 11.5 Å². The van der Waals surface area contributed by atoms with E-state index in [0.717, 1.165) is 6.42 Å². The minimum absolute atomic E-state index is 0.0407. The van der Waals surface area contributed by atoms with E-state index in [0.29, 0.717) is 24.8 Å². The lowest BCUT2D eigenvalue weighted by molar-refractivity contribution is -0.385. The molecule has 1 heterocycles. The Kier molecular flexibility index (Phi) is 6.33. The second-order valence-electron chi connectivity index (χ2n) is 5.38. The summed E-state index contributed by atoms with van der Waals surface area (Å²) in [5.74, 6) is 1.20. The van der Waals surface area contributed by atoms with Crippen molar-refractivity contribution in [2.75, 3.05) is 11.9 Å². The Bertz CT molecular complexity index is 491. The van der Waals surface area contributed by atoms with Gasteiger partial charge in [0.2, 0.25) is 5.82 Å². The quantitative estimate of drug-likeness (QED) is 0.585. The summed E-state index contributed by atoms with van der Waals surface area (Å²) in [6, 6.07) is 0.0833. The Morgan fingerprint density at radius 2 is 1.95 bits per heavy atom. The lowest BCUT2D eigenvalue weighted by atomic mass is 10.1. The summed E-state index contributed by atoms with van der Waals surface area (Å²) in [6.45, 7) is 10.1. The van der Waals surface area contributed by atoms with Crippen molar-refractivity contribution in [3.63, 3.8) is 0 Å². The number of aromatic nitrogens is 2. The van der Waals surface area contributed by atoms with Gasteiger partial charge < -0.3 is 10.1 Å². The lowest BCUT2D eigenvalue weighted by Gasteiger charge is -2.15. The van der Waals surface area contributed by atoms with Crippen LogP contribution in [-0.4, -0.2) is 27.5 Å². The number of ether oxygens (including phenoxy) is 1. The van der Waals surface area contributed by atoms with E-state index in [1.54, 1.807) is 6.92 Å². The molecule has 21 heavy (non-hydrogen) atoms. The molecule has 1 rings (SSSR count). The van der Waals surface area contributed by atoms with Crippen LogP contribution in [0.25, 0.3) is 0 Å². The number of nitro groups is 1. The highest BCUT2D eigenvalue weighted by Gasteiger charge is 2.27. The Labute approximate surface area is 125 Å². The SMILES string of the molecule is CCOc1nc(CC(C)C)nc(NC(C)CC)c1[N+](=O)[O-]. The molecule has 1 N–H and O–H groups in total. The fourth-order valence-corrected chi connectivity index (χ4v) is 1.77. The zero-order valence-corrected chi connectivity index (χ0v) is 13.3. The molecule has 0 aliphatic rings. The second-order valence-corrected chi connectivity index (χ2v) is 5.38. The summed E-state index contributed by atoms with van der Waals surface area (Å²) < 4.78 is 5.34. The van der Waals surface area contributed by atoms with E-state index in [1.165, 1.54) is 0 Å². The number of hydrogen-bond acceptors (Lipinski definition) is 6. The molecule has 118 valence electrons. The Morgan fingerprint density at radius 3 is 2.43 bits per heavy atom. The number of rotatable bonds is 8. The van der Waals surface area contributed by atoms with Crippen LogP contribution in [0.4, 0.5) is 11.5 Å². The first-order chi connectivity index (χ1) is 9.88. The Hall–Kier alpha value is -1.92. The van der Waals surface area contributed by atoms with Gasteiger partial charge in [-0.2, -0.15) is 4.98 Å². The molecule has 0 aliphatic heterocycles. The first kappa shape index (κ1) is 17.1. The first-order valence-corrected chi connectivity index (χ1v) is 7.33. The molecule has 1 aromatic rings. The monoisotopic (exact) mass is 296 g/mol. The van der Waals surface area contributed by atoms with Gasteiger partial charge in [-0.3, -0.25) is 10.1 Å². The first-order valence-electron chi connectivity index (χ1n) is 7.33. The van der Waals surface area contributed by atoms with E-state index in [2.05, 4.69) is 15.3 Å². The van der Waals surface area contributed by atoms with Crippen molar-refractivity contribution in [1.29, 1.82) is 0 Å². The van der Waals surface area contributed by atoms with Gasteiger partial charge in [-0.05, 0) is 26.2 Å². The van der Waals surface area contributed by atoms with E-state index < -0.39 is 4.92 Å². The lowest BCUT2D eigenvalue weighted by Crippen LogP contribution is -2.18. The van der Waals surface area contributed by atoms with Gasteiger partial charge in [-0.15, -0.1) is 0 Å². The third kappa shape index (κ3) is 4.84. The minimum Gasteiger partial charge on any atom is -0.473 e. The van der Waals surface area contributed by atoms with E-state index in [1.807, 2.05) is 27.7 Å². The summed E-state index contributed by atoms with van der Waals surface area (Å²) in [5, 5.41) is 14.4. The molecule has 1 atom stereocenters.